The number of aliphatic hydroxyl groups is 1. The summed E-state index contributed by atoms with van der Waals surface area (Å²) in [7, 11) is 1.52. The maximum Gasteiger partial charge on any atom is 0.256 e. The second-order valence-electron chi connectivity index (χ2n) is 10.3. The normalized spacial score (nSPS) is 14.2. The standard InChI is InChI=1S/C31H30ClN7O4S/c1-20-34-18-39(35-20)29-27-26(25(43-2)16-33-29)24(17-38(27)19-44-23-10-8-22(32)9-11-23)28(40)31(42)37-14-12-36(13-15-37)30(41)21-6-4-3-5-7-21/h3-11,16-18,28,40H,12-15,19H2,1-2H3. The highest BCUT2D eigenvalue weighted by Gasteiger charge is 2.32. The summed E-state index contributed by atoms with van der Waals surface area (Å²) in [5, 5.41) is 17.3. The summed E-state index contributed by atoms with van der Waals surface area (Å²) in [5.41, 5.74) is 1.63. The first-order valence-electron chi connectivity index (χ1n) is 14.0. The van der Waals surface area contributed by atoms with Gasteiger partial charge in [-0.2, -0.15) is 5.10 Å². The Balaban J connectivity index is 1.32. The monoisotopic (exact) mass is 631 g/mol. The van der Waals surface area contributed by atoms with E-state index in [0.717, 1.165) is 4.90 Å². The number of rotatable bonds is 8. The van der Waals surface area contributed by atoms with Crippen LogP contribution in [0.15, 0.2) is 78.2 Å². The van der Waals surface area contributed by atoms with Crippen LogP contribution in [0.1, 0.15) is 27.8 Å². The Labute approximate surface area is 263 Å². The van der Waals surface area contributed by atoms with Crippen LogP contribution in [-0.2, 0) is 10.7 Å². The lowest BCUT2D eigenvalue weighted by molar-refractivity contribution is -0.142. The van der Waals surface area contributed by atoms with Gasteiger partial charge in [0, 0.05) is 53.4 Å². The second-order valence-corrected chi connectivity index (χ2v) is 11.7. The number of hydrogen-bond donors (Lipinski definition) is 1. The molecular weight excluding hydrogens is 602 g/mol. The number of aromatic nitrogens is 5. The molecule has 0 spiro atoms. The molecule has 3 aromatic heterocycles. The van der Waals surface area contributed by atoms with Crippen molar-refractivity contribution in [2.75, 3.05) is 33.3 Å². The smallest absolute Gasteiger partial charge is 0.256 e. The molecule has 0 bridgehead atoms. The van der Waals surface area contributed by atoms with E-state index in [9.17, 15) is 14.7 Å². The quantitative estimate of drug-likeness (QED) is 0.251. The molecule has 13 heteroatoms. The zero-order valence-electron chi connectivity index (χ0n) is 24.1. The van der Waals surface area contributed by atoms with E-state index < -0.39 is 12.0 Å². The van der Waals surface area contributed by atoms with Gasteiger partial charge in [-0.15, -0.1) is 11.8 Å². The Bertz CT molecular complexity index is 1800. The van der Waals surface area contributed by atoms with Crippen molar-refractivity contribution < 1.29 is 19.4 Å². The van der Waals surface area contributed by atoms with Crippen LogP contribution in [0.25, 0.3) is 16.7 Å². The van der Waals surface area contributed by atoms with E-state index >= 15 is 0 Å². The zero-order chi connectivity index (χ0) is 30.8. The highest BCUT2D eigenvalue weighted by atomic mass is 35.5. The summed E-state index contributed by atoms with van der Waals surface area (Å²) >= 11 is 7.64. The van der Waals surface area contributed by atoms with Gasteiger partial charge >= 0.3 is 0 Å². The lowest BCUT2D eigenvalue weighted by Crippen LogP contribution is -2.51. The molecule has 1 saturated heterocycles. The van der Waals surface area contributed by atoms with E-state index in [1.54, 1.807) is 64.0 Å². The van der Waals surface area contributed by atoms with Crippen molar-refractivity contribution >= 4 is 46.1 Å². The van der Waals surface area contributed by atoms with Crippen LogP contribution in [0, 0.1) is 6.92 Å². The molecule has 11 nitrogen and oxygen atoms in total. The molecule has 44 heavy (non-hydrogen) atoms. The van der Waals surface area contributed by atoms with Gasteiger partial charge in [0.1, 0.15) is 17.9 Å². The van der Waals surface area contributed by atoms with Crippen LogP contribution in [0.3, 0.4) is 0 Å². The molecule has 1 aliphatic heterocycles. The first-order valence-corrected chi connectivity index (χ1v) is 15.3. The Kier molecular flexibility index (Phi) is 8.56. The molecule has 2 aromatic carbocycles. The fourth-order valence-electron chi connectivity index (χ4n) is 5.28. The fraction of sp³-hybridized carbons (Fsp3) is 0.258. The number of amides is 2. The number of piperazine rings is 1. The first kappa shape index (κ1) is 29.7. The number of pyridine rings is 1. The third-order valence-corrected chi connectivity index (χ3v) is 8.79. The Morgan fingerprint density at radius 1 is 1.02 bits per heavy atom. The van der Waals surface area contributed by atoms with Gasteiger partial charge in [0.25, 0.3) is 11.8 Å². The van der Waals surface area contributed by atoms with E-state index in [0.29, 0.717) is 76.5 Å². The highest BCUT2D eigenvalue weighted by molar-refractivity contribution is 7.98. The van der Waals surface area contributed by atoms with Gasteiger partial charge in [0.2, 0.25) is 0 Å². The lowest BCUT2D eigenvalue weighted by atomic mass is 10.1. The molecule has 0 aliphatic carbocycles. The molecule has 226 valence electrons. The summed E-state index contributed by atoms with van der Waals surface area (Å²) in [6, 6.07) is 16.6. The molecule has 6 rings (SSSR count). The third-order valence-electron chi connectivity index (χ3n) is 7.52. The molecule has 1 N–H and O–H groups in total. The average molecular weight is 632 g/mol. The van der Waals surface area contributed by atoms with Crippen LogP contribution in [0.2, 0.25) is 5.02 Å². The van der Waals surface area contributed by atoms with Crippen molar-refractivity contribution in [3.63, 3.8) is 0 Å². The van der Waals surface area contributed by atoms with E-state index in [-0.39, 0.29) is 5.91 Å². The van der Waals surface area contributed by atoms with Crippen molar-refractivity contribution in [1.29, 1.82) is 0 Å². The number of aryl methyl sites for hydroxylation is 1. The minimum atomic E-state index is -1.47. The van der Waals surface area contributed by atoms with E-state index in [4.69, 9.17) is 16.3 Å². The Hall–Kier alpha value is -4.39. The van der Waals surface area contributed by atoms with Gasteiger partial charge in [0.05, 0.1) is 30.1 Å². The number of carbonyl (C=O) groups is 2. The SMILES string of the molecule is COc1cnc(-n2cnc(C)n2)c2c1c(C(O)C(=O)N1CCN(C(=O)c3ccccc3)CC1)cn2CSc1ccc(Cl)cc1. The van der Waals surface area contributed by atoms with Crippen LogP contribution < -0.4 is 4.74 Å². The zero-order valence-corrected chi connectivity index (χ0v) is 25.7. The lowest BCUT2D eigenvalue weighted by Gasteiger charge is -2.35. The second kappa shape index (κ2) is 12.7. The number of thioether (sulfide) groups is 1. The number of carbonyl (C=O) groups excluding carboxylic acids is 2. The number of nitrogens with zero attached hydrogens (tertiary/aromatic N) is 7. The summed E-state index contributed by atoms with van der Waals surface area (Å²) in [6.07, 6.45) is 3.42. The van der Waals surface area contributed by atoms with Gasteiger partial charge in [-0.25, -0.2) is 14.6 Å². The number of aliphatic hydroxyl groups excluding tert-OH is 1. The Morgan fingerprint density at radius 3 is 2.39 bits per heavy atom. The molecule has 5 aromatic rings. The topological polar surface area (TPSA) is 119 Å². The average Bonchev–Trinajstić information content (AvgIpc) is 3.67. The van der Waals surface area contributed by atoms with Crippen LogP contribution in [0.5, 0.6) is 5.75 Å². The van der Waals surface area contributed by atoms with Gasteiger partial charge in [-0.3, -0.25) is 9.59 Å². The Morgan fingerprint density at radius 2 is 1.73 bits per heavy atom. The van der Waals surface area contributed by atoms with Crippen molar-refractivity contribution in [2.45, 2.75) is 23.8 Å². The predicted molar refractivity (Wildman–Crippen MR) is 167 cm³/mol. The van der Waals surface area contributed by atoms with Crippen molar-refractivity contribution in [3.8, 4) is 11.6 Å². The summed E-state index contributed by atoms with van der Waals surface area (Å²) in [4.78, 5) is 39.8. The molecular formula is C31H30ClN7O4S. The predicted octanol–water partition coefficient (Wildman–Crippen LogP) is 4.36. The number of ether oxygens (including phenoxy) is 1. The first-order chi connectivity index (χ1) is 21.3. The van der Waals surface area contributed by atoms with Gasteiger partial charge in [0.15, 0.2) is 11.9 Å². The summed E-state index contributed by atoms with van der Waals surface area (Å²) < 4.78 is 9.19. The van der Waals surface area contributed by atoms with Crippen molar-refractivity contribution in [2.24, 2.45) is 0 Å². The minimum Gasteiger partial charge on any atom is -0.494 e. The molecule has 1 aliphatic rings. The van der Waals surface area contributed by atoms with Gasteiger partial charge in [-0.1, -0.05) is 29.8 Å². The van der Waals surface area contributed by atoms with Crippen molar-refractivity contribution in [1.82, 2.24) is 34.1 Å². The molecule has 4 heterocycles. The highest BCUT2D eigenvalue weighted by Crippen LogP contribution is 2.38. The number of hydrogen-bond acceptors (Lipinski definition) is 8. The van der Waals surface area contributed by atoms with Gasteiger partial charge in [-0.05, 0) is 43.3 Å². The number of fused-ring (bicyclic) bond motifs is 1. The molecule has 2 amide bonds. The third kappa shape index (κ3) is 5.88. The maximum atomic E-state index is 13.7. The minimum absolute atomic E-state index is 0.0763. The molecule has 0 radical (unpaired) electrons. The van der Waals surface area contributed by atoms with E-state index in [1.165, 1.54) is 7.11 Å². The van der Waals surface area contributed by atoms with Crippen LogP contribution in [0.4, 0.5) is 0 Å². The number of benzene rings is 2. The van der Waals surface area contributed by atoms with Crippen LogP contribution >= 0.6 is 23.4 Å². The molecule has 1 unspecified atom stereocenters. The fourth-order valence-corrected chi connectivity index (χ4v) is 6.22. The van der Waals surface area contributed by atoms with Crippen LogP contribution in [-0.4, -0.2) is 84.3 Å². The van der Waals surface area contributed by atoms with Crippen molar-refractivity contribution in [3.05, 3.63) is 95.3 Å². The summed E-state index contributed by atoms with van der Waals surface area (Å²) in [5.74, 6) is 1.39. The van der Waals surface area contributed by atoms with Gasteiger partial charge < -0.3 is 24.2 Å². The van der Waals surface area contributed by atoms with E-state index in [2.05, 4.69) is 15.1 Å². The number of halogens is 1. The number of methoxy groups -OCH3 is 1. The summed E-state index contributed by atoms with van der Waals surface area (Å²) in [6.45, 7) is 3.14. The molecule has 1 atom stereocenters. The molecule has 1 fully saturated rings. The van der Waals surface area contributed by atoms with E-state index in [1.807, 2.05) is 47.0 Å². The largest absolute Gasteiger partial charge is 0.494 e. The molecule has 0 saturated carbocycles. The maximum absolute atomic E-state index is 13.7.